The van der Waals surface area contributed by atoms with E-state index in [1.807, 2.05) is 17.4 Å². The van der Waals surface area contributed by atoms with Gasteiger partial charge in [-0.25, -0.2) is 4.98 Å². The predicted octanol–water partition coefficient (Wildman–Crippen LogP) is 4.76. The van der Waals surface area contributed by atoms with Gasteiger partial charge in [-0.15, -0.1) is 0 Å². The smallest absolute Gasteiger partial charge is 0.257 e. The van der Waals surface area contributed by atoms with Crippen LogP contribution in [0.1, 0.15) is 28.7 Å². The summed E-state index contributed by atoms with van der Waals surface area (Å²) in [7, 11) is 0. The average Bonchev–Trinajstić information content (AvgIpc) is 2.86. The van der Waals surface area contributed by atoms with Crippen LogP contribution in [0, 0.1) is 6.92 Å². The summed E-state index contributed by atoms with van der Waals surface area (Å²) < 4.78 is 1.93. The summed E-state index contributed by atoms with van der Waals surface area (Å²) in [5.74, 6) is -0.234. The Morgan fingerprint density at radius 2 is 2.04 bits per heavy atom. The number of halogens is 2. The fourth-order valence-electron chi connectivity index (χ4n) is 2.47. The number of imidazole rings is 1. The lowest BCUT2D eigenvalue weighted by molar-refractivity contribution is 0.102. The van der Waals surface area contributed by atoms with Crippen molar-refractivity contribution in [2.75, 3.05) is 5.32 Å². The molecule has 0 saturated carbocycles. The fourth-order valence-corrected chi connectivity index (χ4v) is 2.92. The van der Waals surface area contributed by atoms with Crippen LogP contribution in [-0.2, 0) is 6.42 Å². The summed E-state index contributed by atoms with van der Waals surface area (Å²) in [6.07, 6.45) is 2.64. The molecule has 23 heavy (non-hydrogen) atoms. The summed E-state index contributed by atoms with van der Waals surface area (Å²) in [5.41, 5.74) is 3.97. The molecule has 0 atom stereocenters. The largest absolute Gasteiger partial charge is 0.321 e. The number of fused-ring (bicyclic) bond motifs is 1. The molecule has 1 N–H and O–H groups in total. The van der Waals surface area contributed by atoms with Gasteiger partial charge in [0.25, 0.3) is 5.91 Å². The van der Waals surface area contributed by atoms with Crippen LogP contribution < -0.4 is 5.32 Å². The van der Waals surface area contributed by atoms with Crippen LogP contribution >= 0.6 is 23.2 Å². The van der Waals surface area contributed by atoms with Crippen molar-refractivity contribution in [3.05, 3.63) is 63.5 Å². The molecule has 6 heteroatoms. The lowest BCUT2D eigenvalue weighted by Crippen LogP contribution is -2.13. The van der Waals surface area contributed by atoms with Gasteiger partial charge in [-0.2, -0.15) is 0 Å². The number of aromatic nitrogens is 2. The van der Waals surface area contributed by atoms with Crippen molar-refractivity contribution < 1.29 is 4.79 Å². The standard InChI is InChI=1S/C17H15Cl2N3O/c1-3-14-10(2)22-9-11(4-7-16(22)20-14)17(23)21-15-6-5-12(18)8-13(15)19/h4-9H,3H2,1-2H3,(H,21,23). The highest BCUT2D eigenvalue weighted by atomic mass is 35.5. The second-order valence-corrected chi connectivity index (χ2v) is 6.07. The molecule has 118 valence electrons. The number of nitrogens with one attached hydrogen (secondary N) is 1. The molecule has 0 fully saturated rings. The zero-order valence-electron chi connectivity index (χ0n) is 12.7. The molecule has 0 spiro atoms. The summed E-state index contributed by atoms with van der Waals surface area (Å²) in [6, 6.07) is 8.54. The maximum Gasteiger partial charge on any atom is 0.257 e. The first kappa shape index (κ1) is 15.8. The normalized spacial score (nSPS) is 11.0. The number of nitrogens with zero attached hydrogens (tertiary/aromatic N) is 2. The Hall–Kier alpha value is -2.04. The van der Waals surface area contributed by atoms with E-state index in [0.717, 1.165) is 23.5 Å². The van der Waals surface area contributed by atoms with Crippen molar-refractivity contribution in [2.24, 2.45) is 0 Å². The number of hydrogen-bond acceptors (Lipinski definition) is 2. The highest BCUT2D eigenvalue weighted by Crippen LogP contribution is 2.26. The van der Waals surface area contributed by atoms with Gasteiger partial charge < -0.3 is 9.72 Å². The van der Waals surface area contributed by atoms with Crippen LogP contribution in [0.2, 0.25) is 10.0 Å². The Balaban J connectivity index is 1.93. The molecule has 0 bridgehead atoms. The lowest BCUT2D eigenvalue weighted by Gasteiger charge is -2.08. The van der Waals surface area contributed by atoms with Crippen LogP contribution in [-0.4, -0.2) is 15.3 Å². The van der Waals surface area contributed by atoms with Crippen molar-refractivity contribution in [3.63, 3.8) is 0 Å². The van der Waals surface area contributed by atoms with Gasteiger partial charge in [0.05, 0.1) is 22.0 Å². The molecule has 0 radical (unpaired) electrons. The van der Waals surface area contributed by atoms with Crippen LogP contribution in [0.25, 0.3) is 5.65 Å². The molecule has 3 aromatic rings. The van der Waals surface area contributed by atoms with Crippen molar-refractivity contribution in [2.45, 2.75) is 20.3 Å². The van der Waals surface area contributed by atoms with Gasteiger partial charge in [0, 0.05) is 16.9 Å². The number of aryl methyl sites for hydroxylation is 2. The fraction of sp³-hybridized carbons (Fsp3) is 0.176. The van der Waals surface area contributed by atoms with E-state index in [1.165, 1.54) is 0 Å². The minimum absolute atomic E-state index is 0.234. The highest BCUT2D eigenvalue weighted by molar-refractivity contribution is 6.36. The Morgan fingerprint density at radius 1 is 1.26 bits per heavy atom. The van der Waals surface area contributed by atoms with Crippen molar-refractivity contribution in [1.29, 1.82) is 0 Å². The minimum Gasteiger partial charge on any atom is -0.321 e. The second kappa shape index (κ2) is 6.22. The van der Waals surface area contributed by atoms with Crippen molar-refractivity contribution >= 4 is 40.4 Å². The molecular weight excluding hydrogens is 333 g/mol. The van der Waals surface area contributed by atoms with Crippen molar-refractivity contribution in [1.82, 2.24) is 9.38 Å². The molecule has 1 aromatic carbocycles. The molecule has 4 nitrogen and oxygen atoms in total. The van der Waals surface area contributed by atoms with E-state index in [4.69, 9.17) is 23.2 Å². The van der Waals surface area contributed by atoms with Gasteiger partial charge in [-0.3, -0.25) is 4.79 Å². The summed E-state index contributed by atoms with van der Waals surface area (Å²) >= 11 is 12.0. The Morgan fingerprint density at radius 3 is 2.74 bits per heavy atom. The SMILES string of the molecule is CCc1nc2ccc(C(=O)Nc3ccc(Cl)cc3Cl)cn2c1C. The Kier molecular flexibility index (Phi) is 4.28. The maximum absolute atomic E-state index is 12.4. The van der Waals surface area contributed by atoms with Crippen LogP contribution in [0.4, 0.5) is 5.69 Å². The number of hydrogen-bond donors (Lipinski definition) is 1. The average molecular weight is 348 g/mol. The third kappa shape index (κ3) is 3.05. The number of pyridine rings is 1. The minimum atomic E-state index is -0.234. The van der Waals surface area contributed by atoms with Crippen LogP contribution in [0.15, 0.2) is 36.5 Å². The summed E-state index contributed by atoms with van der Waals surface area (Å²) in [5, 5.41) is 3.72. The van der Waals surface area contributed by atoms with Crippen molar-refractivity contribution in [3.8, 4) is 0 Å². The third-order valence-electron chi connectivity index (χ3n) is 3.73. The van der Waals surface area contributed by atoms with Gasteiger partial charge in [-0.05, 0) is 43.7 Å². The van der Waals surface area contributed by atoms with Crippen LogP contribution in [0.3, 0.4) is 0 Å². The van der Waals surface area contributed by atoms with Gasteiger partial charge in [0.15, 0.2) is 0 Å². The second-order valence-electron chi connectivity index (χ2n) is 5.22. The zero-order valence-corrected chi connectivity index (χ0v) is 14.2. The zero-order chi connectivity index (χ0) is 16.6. The lowest BCUT2D eigenvalue weighted by atomic mass is 10.2. The van der Waals surface area contributed by atoms with Gasteiger partial charge in [-0.1, -0.05) is 30.1 Å². The topological polar surface area (TPSA) is 46.4 Å². The maximum atomic E-state index is 12.4. The summed E-state index contributed by atoms with van der Waals surface area (Å²) in [4.78, 5) is 17.0. The Labute approximate surface area is 144 Å². The molecule has 1 amide bonds. The molecule has 0 aliphatic carbocycles. The number of carbonyl (C=O) groups is 1. The molecular formula is C17H15Cl2N3O. The van der Waals surface area contributed by atoms with Gasteiger partial charge in [0.1, 0.15) is 5.65 Å². The highest BCUT2D eigenvalue weighted by Gasteiger charge is 2.12. The number of benzene rings is 1. The van der Waals surface area contributed by atoms with Gasteiger partial charge in [0.2, 0.25) is 0 Å². The third-order valence-corrected chi connectivity index (χ3v) is 4.28. The first-order valence-corrected chi connectivity index (χ1v) is 7.99. The molecule has 0 aliphatic rings. The first-order chi connectivity index (χ1) is 11.0. The number of anilines is 1. The molecule has 2 aromatic heterocycles. The van der Waals surface area contributed by atoms with E-state index in [9.17, 15) is 4.79 Å². The monoisotopic (exact) mass is 347 g/mol. The van der Waals surface area contributed by atoms with E-state index in [-0.39, 0.29) is 5.91 Å². The van der Waals surface area contributed by atoms with Crippen LogP contribution in [0.5, 0.6) is 0 Å². The quantitative estimate of drug-likeness (QED) is 0.741. The van der Waals surface area contributed by atoms with E-state index in [0.29, 0.717) is 21.3 Å². The summed E-state index contributed by atoms with van der Waals surface area (Å²) in [6.45, 7) is 4.06. The number of rotatable bonds is 3. The van der Waals surface area contributed by atoms with Gasteiger partial charge >= 0.3 is 0 Å². The molecule has 3 rings (SSSR count). The molecule has 0 saturated heterocycles. The van der Waals surface area contributed by atoms with E-state index >= 15 is 0 Å². The molecule has 2 heterocycles. The predicted molar refractivity (Wildman–Crippen MR) is 93.7 cm³/mol. The molecule has 0 aliphatic heterocycles. The number of carbonyl (C=O) groups excluding carboxylic acids is 1. The van der Waals surface area contributed by atoms with E-state index in [2.05, 4.69) is 17.2 Å². The Bertz CT molecular complexity index is 902. The first-order valence-electron chi connectivity index (χ1n) is 7.23. The molecule has 0 unspecified atom stereocenters. The van der Waals surface area contributed by atoms with E-state index in [1.54, 1.807) is 30.5 Å². The van der Waals surface area contributed by atoms with E-state index < -0.39 is 0 Å². The number of amides is 1.